The summed E-state index contributed by atoms with van der Waals surface area (Å²) in [6, 6.07) is 9.79. The number of pyridine rings is 1. The summed E-state index contributed by atoms with van der Waals surface area (Å²) < 4.78 is 6.52. The van der Waals surface area contributed by atoms with Crippen LogP contribution in [0.4, 0.5) is 0 Å². The van der Waals surface area contributed by atoms with Crippen molar-refractivity contribution in [1.82, 2.24) is 9.88 Å². The maximum Gasteiger partial charge on any atom is 0.199 e. The molecule has 5 heteroatoms. The highest BCUT2D eigenvalue weighted by atomic mass is 35.5. The van der Waals surface area contributed by atoms with Gasteiger partial charge in [-0.15, -0.1) is 0 Å². The first-order chi connectivity index (χ1) is 12.0. The number of aliphatic hydroxyl groups is 1. The molecule has 2 unspecified atom stereocenters. The number of nitrogens with zero attached hydrogens (tertiary/aromatic N) is 2. The third-order valence-electron chi connectivity index (χ3n) is 6.10. The lowest BCUT2D eigenvalue weighted by atomic mass is 9.72. The van der Waals surface area contributed by atoms with Crippen molar-refractivity contribution in [3.05, 3.63) is 63.9 Å². The molecule has 3 aliphatic rings. The molecular weight excluding hydrogens is 336 g/mol. The number of ether oxygens (including phenoxy) is 1. The van der Waals surface area contributed by atoms with Crippen LogP contribution in [0.1, 0.15) is 35.2 Å². The first-order valence-corrected chi connectivity index (χ1v) is 9.27. The van der Waals surface area contributed by atoms with E-state index in [0.717, 1.165) is 48.3 Å². The van der Waals surface area contributed by atoms with Crippen LogP contribution in [-0.4, -0.2) is 35.1 Å². The van der Waals surface area contributed by atoms with Gasteiger partial charge in [0, 0.05) is 29.1 Å². The number of fused-ring (bicyclic) bond motifs is 7. The molecule has 4 nitrogen and oxygen atoms in total. The lowest BCUT2D eigenvalue weighted by molar-refractivity contribution is -0.271. The largest absolute Gasteiger partial charge is 0.361 e. The van der Waals surface area contributed by atoms with Gasteiger partial charge < -0.3 is 14.7 Å². The minimum absolute atomic E-state index is 0.284. The Morgan fingerprint density at radius 1 is 1.24 bits per heavy atom. The first-order valence-electron chi connectivity index (χ1n) is 8.89. The molecule has 0 aliphatic carbocycles. The molecule has 3 aliphatic heterocycles. The molecule has 25 heavy (non-hydrogen) atoms. The maximum absolute atomic E-state index is 11.3. The number of aromatic nitrogens is 1. The SMILES string of the molecule is CN1CCC(C23OC(O)(Cc4cc(Cl)ccc42)c2cccnc23)CC1. The average molecular weight is 357 g/mol. The Hall–Kier alpha value is -1.46. The molecular formula is C20H21ClN2O2. The smallest absolute Gasteiger partial charge is 0.199 e. The molecule has 130 valence electrons. The van der Waals surface area contributed by atoms with Crippen LogP contribution in [0.2, 0.25) is 5.02 Å². The van der Waals surface area contributed by atoms with Crippen LogP contribution in [0.3, 0.4) is 0 Å². The van der Waals surface area contributed by atoms with Gasteiger partial charge in [-0.1, -0.05) is 23.7 Å². The van der Waals surface area contributed by atoms with Crippen LogP contribution in [0.15, 0.2) is 36.5 Å². The van der Waals surface area contributed by atoms with Crippen LogP contribution in [-0.2, 0) is 22.5 Å². The summed E-state index contributed by atoms with van der Waals surface area (Å²) in [4.78, 5) is 7.05. The standard InChI is InChI=1S/C20H21ClN2O2/c1-23-9-6-14(7-10-23)20-16-5-4-15(21)11-13(16)12-19(24,25-20)17-3-2-8-22-18(17)20/h2-5,8,11,14,24H,6-7,9-10,12H2,1H3. The van der Waals surface area contributed by atoms with E-state index in [0.29, 0.717) is 11.4 Å². The monoisotopic (exact) mass is 356 g/mol. The summed E-state index contributed by atoms with van der Waals surface area (Å²) in [6.07, 6.45) is 4.25. The lowest BCUT2D eigenvalue weighted by Crippen LogP contribution is -2.48. The van der Waals surface area contributed by atoms with Crippen LogP contribution < -0.4 is 0 Å². The van der Waals surface area contributed by atoms with Crippen molar-refractivity contribution >= 4 is 11.6 Å². The average Bonchev–Trinajstić information content (AvgIpc) is 2.82. The van der Waals surface area contributed by atoms with E-state index in [1.54, 1.807) is 6.20 Å². The number of rotatable bonds is 1. The highest BCUT2D eigenvalue weighted by molar-refractivity contribution is 6.30. The van der Waals surface area contributed by atoms with Crippen molar-refractivity contribution in [2.45, 2.75) is 30.7 Å². The van der Waals surface area contributed by atoms with Crippen molar-refractivity contribution in [2.75, 3.05) is 20.1 Å². The lowest BCUT2D eigenvalue weighted by Gasteiger charge is -2.46. The summed E-state index contributed by atoms with van der Waals surface area (Å²) in [5.41, 5.74) is 3.20. The summed E-state index contributed by atoms with van der Waals surface area (Å²) in [5.74, 6) is -1.03. The van der Waals surface area contributed by atoms with Crippen LogP contribution in [0, 0.1) is 5.92 Å². The van der Waals surface area contributed by atoms with Gasteiger partial charge >= 0.3 is 0 Å². The first kappa shape index (κ1) is 15.8. The van der Waals surface area contributed by atoms with E-state index in [9.17, 15) is 5.11 Å². The van der Waals surface area contributed by atoms with Gasteiger partial charge in [-0.25, -0.2) is 0 Å². The van der Waals surface area contributed by atoms with Gasteiger partial charge in [0.05, 0.1) is 5.69 Å². The van der Waals surface area contributed by atoms with Gasteiger partial charge in [0.25, 0.3) is 0 Å². The molecule has 4 heterocycles. The highest BCUT2D eigenvalue weighted by Gasteiger charge is 2.62. The molecule has 0 radical (unpaired) electrons. The fourth-order valence-corrected chi connectivity index (χ4v) is 5.14. The molecule has 0 amide bonds. The second-order valence-electron chi connectivity index (χ2n) is 7.58. The van der Waals surface area contributed by atoms with E-state index in [-0.39, 0.29) is 5.92 Å². The van der Waals surface area contributed by atoms with Crippen molar-refractivity contribution < 1.29 is 9.84 Å². The molecule has 0 saturated carbocycles. The summed E-state index contributed by atoms with van der Waals surface area (Å²) in [5, 5.41) is 12.0. The van der Waals surface area contributed by atoms with E-state index in [1.807, 2.05) is 24.3 Å². The number of halogens is 1. The number of hydrogen-bond donors (Lipinski definition) is 1. The van der Waals surface area contributed by atoms with Gasteiger partial charge in [0.2, 0.25) is 0 Å². The van der Waals surface area contributed by atoms with Gasteiger partial charge in [0.1, 0.15) is 5.60 Å². The van der Waals surface area contributed by atoms with Gasteiger partial charge in [-0.3, -0.25) is 4.98 Å². The zero-order valence-electron chi connectivity index (χ0n) is 14.2. The normalized spacial score (nSPS) is 31.6. The summed E-state index contributed by atoms with van der Waals surface area (Å²) in [6.45, 7) is 2.05. The Bertz CT molecular complexity index is 849. The highest BCUT2D eigenvalue weighted by Crippen LogP contribution is 2.59. The summed E-state index contributed by atoms with van der Waals surface area (Å²) in [7, 11) is 2.15. The van der Waals surface area contributed by atoms with Gasteiger partial charge in [0.15, 0.2) is 5.79 Å². The third-order valence-corrected chi connectivity index (χ3v) is 6.34. The van der Waals surface area contributed by atoms with Crippen molar-refractivity contribution in [3.63, 3.8) is 0 Å². The van der Waals surface area contributed by atoms with Crippen molar-refractivity contribution in [2.24, 2.45) is 5.92 Å². The second kappa shape index (κ2) is 5.27. The van der Waals surface area contributed by atoms with Gasteiger partial charge in [-0.05, 0) is 62.3 Å². The van der Waals surface area contributed by atoms with E-state index in [2.05, 4.69) is 18.0 Å². The van der Waals surface area contributed by atoms with E-state index >= 15 is 0 Å². The van der Waals surface area contributed by atoms with Crippen molar-refractivity contribution in [1.29, 1.82) is 0 Å². The predicted octanol–water partition coefficient (Wildman–Crippen LogP) is 3.05. The number of likely N-dealkylation sites (tertiary alicyclic amines) is 1. The molecule has 5 rings (SSSR count). The predicted molar refractivity (Wildman–Crippen MR) is 95.4 cm³/mol. The number of hydrogen-bond acceptors (Lipinski definition) is 4. The Kier molecular flexibility index (Phi) is 3.32. The van der Waals surface area contributed by atoms with E-state index < -0.39 is 11.4 Å². The van der Waals surface area contributed by atoms with Crippen LogP contribution in [0.5, 0.6) is 0 Å². The fourth-order valence-electron chi connectivity index (χ4n) is 4.94. The molecule has 1 aromatic heterocycles. The van der Waals surface area contributed by atoms with Gasteiger partial charge in [-0.2, -0.15) is 0 Å². The molecule has 2 atom stereocenters. The second-order valence-corrected chi connectivity index (χ2v) is 8.01. The molecule has 0 spiro atoms. The number of benzene rings is 1. The van der Waals surface area contributed by atoms with Crippen LogP contribution >= 0.6 is 11.6 Å². The van der Waals surface area contributed by atoms with E-state index in [1.165, 1.54) is 0 Å². The zero-order chi connectivity index (χ0) is 17.2. The van der Waals surface area contributed by atoms with Crippen molar-refractivity contribution in [3.8, 4) is 0 Å². The minimum Gasteiger partial charge on any atom is -0.361 e. The topological polar surface area (TPSA) is 45.6 Å². The maximum atomic E-state index is 11.3. The number of piperidine rings is 1. The molecule has 1 N–H and O–H groups in total. The Balaban J connectivity index is 1.76. The quantitative estimate of drug-likeness (QED) is 0.853. The van der Waals surface area contributed by atoms with Crippen LogP contribution in [0.25, 0.3) is 0 Å². The molecule has 1 fully saturated rings. The molecule has 2 aromatic rings. The molecule has 2 bridgehead atoms. The zero-order valence-corrected chi connectivity index (χ0v) is 15.0. The molecule has 1 saturated heterocycles. The fraction of sp³-hybridized carbons (Fsp3) is 0.450. The third kappa shape index (κ3) is 2.08. The Morgan fingerprint density at radius 3 is 2.84 bits per heavy atom. The Morgan fingerprint density at radius 2 is 2.04 bits per heavy atom. The minimum atomic E-state index is -1.31. The summed E-state index contributed by atoms with van der Waals surface area (Å²) >= 11 is 6.25. The molecule has 1 aromatic carbocycles. The van der Waals surface area contributed by atoms with E-state index in [4.69, 9.17) is 21.3 Å². The Labute approximate surface area is 152 Å².